The lowest BCUT2D eigenvalue weighted by molar-refractivity contribution is 0.506. The van der Waals surface area contributed by atoms with Crippen molar-refractivity contribution in [2.75, 3.05) is 0 Å². The highest BCUT2D eigenvalue weighted by molar-refractivity contribution is 5.81. The van der Waals surface area contributed by atoms with Crippen LogP contribution in [-0.4, -0.2) is 11.0 Å². The molecular formula is C18H23N3. The van der Waals surface area contributed by atoms with Crippen LogP contribution in [0.1, 0.15) is 37.7 Å². The first-order chi connectivity index (χ1) is 10.4. The Kier molecular flexibility index (Phi) is 4.63. The molecule has 2 aromatic rings. The van der Waals surface area contributed by atoms with E-state index in [2.05, 4.69) is 40.8 Å². The van der Waals surface area contributed by atoms with Crippen LogP contribution in [-0.2, 0) is 6.42 Å². The predicted molar refractivity (Wildman–Crippen MR) is 87.7 cm³/mol. The van der Waals surface area contributed by atoms with E-state index < -0.39 is 0 Å². The van der Waals surface area contributed by atoms with Gasteiger partial charge in [0.05, 0.1) is 5.52 Å². The highest BCUT2D eigenvalue weighted by Crippen LogP contribution is 2.24. The summed E-state index contributed by atoms with van der Waals surface area (Å²) in [5.74, 6) is 5.79. The number of pyridine rings is 1. The molecule has 1 aliphatic carbocycles. The molecule has 3 N–H and O–H groups in total. The molecule has 1 heterocycles. The molecule has 3 nitrogen and oxygen atoms in total. The van der Waals surface area contributed by atoms with Crippen molar-refractivity contribution < 1.29 is 0 Å². The van der Waals surface area contributed by atoms with Gasteiger partial charge in [-0.25, -0.2) is 0 Å². The molecular weight excluding hydrogens is 258 g/mol. The maximum Gasteiger partial charge on any atom is 0.0704 e. The van der Waals surface area contributed by atoms with Gasteiger partial charge in [-0.3, -0.25) is 16.3 Å². The SMILES string of the molecule is NNC(CC1=CCCCC1)Cc1ccnc2ccccc12. The Morgan fingerprint density at radius 3 is 2.86 bits per heavy atom. The second-order valence-electron chi connectivity index (χ2n) is 5.87. The zero-order valence-electron chi connectivity index (χ0n) is 12.4. The second kappa shape index (κ2) is 6.83. The summed E-state index contributed by atoms with van der Waals surface area (Å²) in [7, 11) is 0. The van der Waals surface area contributed by atoms with Gasteiger partial charge in [0.25, 0.3) is 0 Å². The van der Waals surface area contributed by atoms with E-state index in [9.17, 15) is 0 Å². The molecule has 21 heavy (non-hydrogen) atoms. The van der Waals surface area contributed by atoms with Crippen molar-refractivity contribution in [2.24, 2.45) is 5.84 Å². The Hall–Kier alpha value is -1.71. The first kappa shape index (κ1) is 14.2. The fraction of sp³-hybridized carbons (Fsp3) is 0.389. The summed E-state index contributed by atoms with van der Waals surface area (Å²) in [5, 5.41) is 1.23. The molecule has 0 fully saturated rings. The summed E-state index contributed by atoms with van der Waals surface area (Å²) in [6.07, 6.45) is 11.4. The monoisotopic (exact) mass is 281 g/mol. The molecule has 0 spiro atoms. The summed E-state index contributed by atoms with van der Waals surface area (Å²) in [4.78, 5) is 4.43. The molecule has 1 unspecified atom stereocenters. The van der Waals surface area contributed by atoms with Crippen LogP contribution in [0.3, 0.4) is 0 Å². The first-order valence-corrected chi connectivity index (χ1v) is 7.83. The molecule has 0 radical (unpaired) electrons. The third-order valence-electron chi connectivity index (χ3n) is 4.33. The standard InChI is InChI=1S/C18H23N3/c19-21-16(12-14-6-2-1-3-7-14)13-15-10-11-20-18-9-5-4-8-17(15)18/h4-6,8-11,16,21H,1-3,7,12-13,19H2. The number of rotatable bonds is 5. The molecule has 0 saturated heterocycles. The predicted octanol–water partition coefficient (Wildman–Crippen LogP) is 3.50. The van der Waals surface area contributed by atoms with Gasteiger partial charge in [-0.15, -0.1) is 0 Å². The van der Waals surface area contributed by atoms with E-state index in [0.717, 1.165) is 18.4 Å². The number of allylic oxidation sites excluding steroid dienone is 1. The Morgan fingerprint density at radius 2 is 2.05 bits per heavy atom. The number of para-hydroxylation sites is 1. The van der Waals surface area contributed by atoms with Gasteiger partial charge in [0.15, 0.2) is 0 Å². The topological polar surface area (TPSA) is 50.9 Å². The fourth-order valence-corrected chi connectivity index (χ4v) is 3.20. The highest BCUT2D eigenvalue weighted by Gasteiger charge is 2.14. The maximum atomic E-state index is 5.79. The van der Waals surface area contributed by atoms with Gasteiger partial charge in [0.1, 0.15) is 0 Å². The van der Waals surface area contributed by atoms with E-state index >= 15 is 0 Å². The largest absolute Gasteiger partial charge is 0.271 e. The van der Waals surface area contributed by atoms with Crippen molar-refractivity contribution in [2.45, 2.75) is 44.6 Å². The number of benzene rings is 1. The Labute approximate surface area is 126 Å². The van der Waals surface area contributed by atoms with Crippen LogP contribution in [0.15, 0.2) is 48.2 Å². The van der Waals surface area contributed by atoms with Gasteiger partial charge < -0.3 is 0 Å². The number of fused-ring (bicyclic) bond motifs is 1. The minimum atomic E-state index is 0.292. The van der Waals surface area contributed by atoms with Crippen LogP contribution in [0.4, 0.5) is 0 Å². The Bertz CT molecular complexity index is 628. The van der Waals surface area contributed by atoms with Crippen molar-refractivity contribution in [1.82, 2.24) is 10.4 Å². The number of hydrazine groups is 1. The van der Waals surface area contributed by atoms with E-state index in [-0.39, 0.29) is 0 Å². The number of hydrogen-bond donors (Lipinski definition) is 2. The lowest BCUT2D eigenvalue weighted by Gasteiger charge is -2.20. The molecule has 0 aliphatic heterocycles. The van der Waals surface area contributed by atoms with Crippen LogP contribution in [0.25, 0.3) is 10.9 Å². The second-order valence-corrected chi connectivity index (χ2v) is 5.87. The van der Waals surface area contributed by atoms with Crippen LogP contribution < -0.4 is 11.3 Å². The Balaban J connectivity index is 1.77. The summed E-state index contributed by atoms with van der Waals surface area (Å²) in [6.45, 7) is 0. The molecule has 0 amide bonds. The summed E-state index contributed by atoms with van der Waals surface area (Å²) in [5.41, 5.74) is 6.94. The normalized spacial score (nSPS) is 16.7. The lowest BCUT2D eigenvalue weighted by Crippen LogP contribution is -2.37. The van der Waals surface area contributed by atoms with Crippen molar-refractivity contribution >= 4 is 10.9 Å². The summed E-state index contributed by atoms with van der Waals surface area (Å²) < 4.78 is 0. The average molecular weight is 281 g/mol. The number of nitrogens with one attached hydrogen (secondary N) is 1. The smallest absolute Gasteiger partial charge is 0.0704 e. The maximum absolute atomic E-state index is 5.79. The third-order valence-corrected chi connectivity index (χ3v) is 4.33. The van der Waals surface area contributed by atoms with Gasteiger partial charge in [0.2, 0.25) is 0 Å². The van der Waals surface area contributed by atoms with Crippen molar-refractivity contribution in [1.29, 1.82) is 0 Å². The number of nitrogens with zero attached hydrogens (tertiary/aromatic N) is 1. The van der Waals surface area contributed by atoms with E-state index in [1.165, 1.54) is 36.6 Å². The molecule has 3 rings (SSSR count). The number of nitrogens with two attached hydrogens (primary N) is 1. The van der Waals surface area contributed by atoms with E-state index in [4.69, 9.17) is 5.84 Å². The van der Waals surface area contributed by atoms with E-state index in [1.54, 1.807) is 5.57 Å². The number of hydrogen-bond acceptors (Lipinski definition) is 3. The molecule has 1 aromatic heterocycles. The highest BCUT2D eigenvalue weighted by atomic mass is 15.2. The molecule has 110 valence electrons. The molecule has 1 aliphatic rings. The minimum Gasteiger partial charge on any atom is -0.271 e. The number of aromatic nitrogens is 1. The zero-order chi connectivity index (χ0) is 14.5. The van der Waals surface area contributed by atoms with Crippen LogP contribution in [0, 0.1) is 0 Å². The fourth-order valence-electron chi connectivity index (χ4n) is 3.20. The van der Waals surface area contributed by atoms with Gasteiger partial charge in [-0.1, -0.05) is 29.8 Å². The van der Waals surface area contributed by atoms with Gasteiger partial charge in [0, 0.05) is 17.6 Å². The summed E-state index contributed by atoms with van der Waals surface area (Å²) in [6, 6.07) is 10.7. The molecule has 0 bridgehead atoms. The van der Waals surface area contributed by atoms with Gasteiger partial charge in [-0.2, -0.15) is 0 Å². The first-order valence-electron chi connectivity index (χ1n) is 7.83. The van der Waals surface area contributed by atoms with E-state index in [1.807, 2.05) is 12.3 Å². The van der Waals surface area contributed by atoms with Crippen molar-refractivity contribution in [3.8, 4) is 0 Å². The zero-order valence-corrected chi connectivity index (χ0v) is 12.4. The quantitative estimate of drug-likeness (QED) is 0.501. The van der Waals surface area contributed by atoms with Crippen molar-refractivity contribution in [3.63, 3.8) is 0 Å². The summed E-state index contributed by atoms with van der Waals surface area (Å²) >= 11 is 0. The average Bonchev–Trinajstić information content (AvgIpc) is 2.55. The van der Waals surface area contributed by atoms with Gasteiger partial charge in [-0.05, 0) is 56.2 Å². The lowest BCUT2D eigenvalue weighted by atomic mass is 9.91. The Morgan fingerprint density at radius 1 is 1.14 bits per heavy atom. The third kappa shape index (κ3) is 3.49. The van der Waals surface area contributed by atoms with Crippen molar-refractivity contribution in [3.05, 3.63) is 53.7 Å². The van der Waals surface area contributed by atoms with Crippen LogP contribution >= 0.6 is 0 Å². The van der Waals surface area contributed by atoms with E-state index in [0.29, 0.717) is 6.04 Å². The minimum absolute atomic E-state index is 0.292. The van der Waals surface area contributed by atoms with Gasteiger partial charge >= 0.3 is 0 Å². The molecule has 3 heteroatoms. The van der Waals surface area contributed by atoms with Crippen LogP contribution in [0.5, 0.6) is 0 Å². The molecule has 1 atom stereocenters. The molecule has 1 aromatic carbocycles. The van der Waals surface area contributed by atoms with Crippen LogP contribution in [0.2, 0.25) is 0 Å². The molecule has 0 saturated carbocycles.